The topological polar surface area (TPSA) is 70.3 Å². The number of halogens is 5. The lowest BCUT2D eigenvalue weighted by atomic mass is 9.45. The van der Waals surface area contributed by atoms with Crippen molar-refractivity contribution in [1.29, 1.82) is 5.26 Å². The van der Waals surface area contributed by atoms with E-state index in [1.165, 1.54) is 0 Å². The van der Waals surface area contributed by atoms with Crippen LogP contribution in [0.25, 0.3) is 0 Å². The molecule has 2 aliphatic rings. The van der Waals surface area contributed by atoms with Crippen molar-refractivity contribution in [2.45, 2.75) is 22.7 Å². The first kappa shape index (κ1) is 19.5. The number of Topliss-reactive ketones (excluding diaryl/α,β-unsaturated/α-hetero) is 1. The first-order valence-electron chi connectivity index (χ1n) is 7.97. The summed E-state index contributed by atoms with van der Waals surface area (Å²) < 4.78 is 76.7. The number of ketones is 1. The van der Waals surface area contributed by atoms with E-state index in [0.29, 0.717) is 6.07 Å². The molecule has 29 heavy (non-hydrogen) atoms. The van der Waals surface area contributed by atoms with E-state index in [0.717, 1.165) is 24.3 Å². The third-order valence-electron chi connectivity index (χ3n) is 5.15. The van der Waals surface area contributed by atoms with Crippen LogP contribution in [0.1, 0.15) is 27.0 Å². The molecular formula is C18H6B2F5NO3. The number of hydrogen-bond donors (Lipinski definition) is 1. The van der Waals surface area contributed by atoms with E-state index in [4.69, 9.17) is 25.7 Å². The minimum atomic E-state index is -5.20. The van der Waals surface area contributed by atoms with Crippen LogP contribution in [0.4, 0.5) is 22.0 Å². The zero-order valence-corrected chi connectivity index (χ0v) is 14.1. The Morgan fingerprint density at radius 1 is 1.10 bits per heavy atom. The molecule has 0 aliphatic heterocycles. The minimum absolute atomic E-state index is 0.162. The number of alkyl halides is 4. The number of ether oxygens (including phenoxy) is 1. The van der Waals surface area contributed by atoms with E-state index in [-0.39, 0.29) is 11.3 Å². The lowest BCUT2D eigenvalue weighted by Crippen LogP contribution is -2.56. The number of carbonyl (C=O) groups is 1. The largest absolute Gasteiger partial charge is 0.456 e. The predicted octanol–water partition coefficient (Wildman–Crippen LogP) is 3.07. The third kappa shape index (κ3) is 2.04. The highest BCUT2D eigenvalue weighted by molar-refractivity contribution is 6.56. The molecule has 2 aromatic carbocycles. The Kier molecular flexibility index (Phi) is 3.62. The van der Waals surface area contributed by atoms with Crippen LogP contribution in [0.3, 0.4) is 0 Å². The van der Waals surface area contributed by atoms with Crippen LogP contribution in [-0.2, 0) is 11.5 Å². The van der Waals surface area contributed by atoms with Gasteiger partial charge in [0.2, 0.25) is 0 Å². The second kappa shape index (κ2) is 5.39. The lowest BCUT2D eigenvalue weighted by Gasteiger charge is -2.40. The molecule has 0 saturated carbocycles. The zero-order chi connectivity index (χ0) is 21.6. The Morgan fingerprint density at radius 3 is 2.38 bits per heavy atom. The van der Waals surface area contributed by atoms with E-state index < -0.39 is 56.7 Å². The van der Waals surface area contributed by atoms with E-state index in [2.05, 4.69) is 0 Å². The highest BCUT2D eigenvalue weighted by Crippen LogP contribution is 2.71. The monoisotopic (exact) mass is 401 g/mol. The molecule has 0 unspecified atom stereocenters. The van der Waals surface area contributed by atoms with Crippen LogP contribution in [0.2, 0.25) is 5.21 Å². The molecule has 0 fully saturated rings. The lowest BCUT2D eigenvalue weighted by molar-refractivity contribution is -0.286. The first-order valence-corrected chi connectivity index (χ1v) is 7.97. The number of hydrogen-bond acceptors (Lipinski definition) is 4. The average Bonchev–Trinajstić information content (AvgIpc) is 2.87. The van der Waals surface area contributed by atoms with E-state index >= 15 is 0 Å². The van der Waals surface area contributed by atoms with Crippen molar-refractivity contribution in [3.63, 3.8) is 0 Å². The second-order valence-electron chi connectivity index (χ2n) is 6.81. The van der Waals surface area contributed by atoms with Gasteiger partial charge in [-0.25, -0.2) is 4.39 Å². The summed E-state index contributed by atoms with van der Waals surface area (Å²) in [7, 11) is 10.9. The number of aliphatic hydroxyl groups is 1. The summed E-state index contributed by atoms with van der Waals surface area (Å²) >= 11 is 0. The Bertz CT molecular complexity index is 1150. The molecule has 0 spiro atoms. The van der Waals surface area contributed by atoms with Gasteiger partial charge >= 0.3 is 11.8 Å². The Labute approximate surface area is 162 Å². The van der Waals surface area contributed by atoms with Crippen LogP contribution in [0, 0.1) is 17.1 Å². The Morgan fingerprint density at radius 2 is 1.76 bits per heavy atom. The van der Waals surface area contributed by atoms with Gasteiger partial charge in [0.15, 0.2) is 11.4 Å². The van der Waals surface area contributed by atoms with Gasteiger partial charge in [-0.15, -0.1) is 0 Å². The molecule has 142 valence electrons. The smallest absolute Gasteiger partial charge is 0.346 e. The van der Waals surface area contributed by atoms with E-state index in [9.17, 15) is 31.9 Å². The van der Waals surface area contributed by atoms with Crippen molar-refractivity contribution >= 4 is 21.5 Å². The maximum absolute atomic E-state index is 14.5. The van der Waals surface area contributed by atoms with Gasteiger partial charge in [-0.1, -0.05) is 0 Å². The fraction of sp³-hybridized carbons (Fsp3) is 0.222. The molecule has 4 nitrogen and oxygen atoms in total. The third-order valence-corrected chi connectivity index (χ3v) is 5.15. The summed E-state index contributed by atoms with van der Waals surface area (Å²) in [6.45, 7) is 0. The van der Waals surface area contributed by atoms with Crippen LogP contribution >= 0.6 is 0 Å². The van der Waals surface area contributed by atoms with Crippen molar-refractivity contribution in [1.82, 2.24) is 0 Å². The van der Waals surface area contributed by atoms with Gasteiger partial charge in [0, 0.05) is 17.2 Å². The number of benzene rings is 2. The molecule has 2 aliphatic carbocycles. The second-order valence-corrected chi connectivity index (χ2v) is 6.81. The molecule has 0 bridgehead atoms. The first-order chi connectivity index (χ1) is 13.3. The van der Waals surface area contributed by atoms with Gasteiger partial charge < -0.3 is 9.84 Å². The molecule has 0 heterocycles. The SMILES string of the molecule is [B]C1([B])C(=O)c2c(Oc3cc(F)cc(C#N)c3)ccc3c2[C@@]1(O)C(F)(F)C3(F)F. The molecule has 2 aromatic rings. The zero-order valence-electron chi connectivity index (χ0n) is 14.1. The van der Waals surface area contributed by atoms with Gasteiger partial charge in [-0.3, -0.25) is 4.79 Å². The summed E-state index contributed by atoms with van der Waals surface area (Å²) in [5.41, 5.74) is -7.39. The molecular weight excluding hydrogens is 395 g/mol. The Hall–Kier alpha value is -2.86. The summed E-state index contributed by atoms with van der Waals surface area (Å²) in [6.07, 6.45) is 0. The molecule has 0 saturated heterocycles. The molecule has 4 rings (SSSR count). The number of carbonyl (C=O) groups excluding carboxylic acids is 1. The fourth-order valence-corrected chi connectivity index (χ4v) is 3.74. The number of nitrogens with zero attached hydrogens (tertiary/aromatic N) is 1. The Balaban J connectivity index is 1.97. The molecule has 1 N–H and O–H groups in total. The summed E-state index contributed by atoms with van der Waals surface area (Å²) in [5.74, 6) is -13.3. The standard InChI is InChI=1S/C18H6B2F5NO3/c19-16(20)14(27)12-11(29-9-4-7(6-26)3-8(21)5-9)2-1-10-13(12)15(16,28)18(24,25)17(10,22)23/h1-5,28H/t15-/m0/s1. The van der Waals surface area contributed by atoms with E-state index in [1.54, 1.807) is 6.07 Å². The predicted molar refractivity (Wildman–Crippen MR) is 88.9 cm³/mol. The highest BCUT2D eigenvalue weighted by Gasteiger charge is 2.83. The van der Waals surface area contributed by atoms with Gasteiger partial charge in [-0.05, 0) is 29.5 Å². The molecule has 11 heteroatoms. The quantitative estimate of drug-likeness (QED) is 0.621. The molecule has 0 amide bonds. The van der Waals surface area contributed by atoms with Crippen molar-refractivity contribution in [3.05, 3.63) is 58.4 Å². The molecule has 0 aromatic heterocycles. The van der Waals surface area contributed by atoms with Crippen LogP contribution in [0.5, 0.6) is 11.5 Å². The van der Waals surface area contributed by atoms with E-state index in [1.807, 2.05) is 0 Å². The average molecular weight is 401 g/mol. The normalized spacial score (nSPS) is 24.8. The number of rotatable bonds is 2. The summed E-state index contributed by atoms with van der Waals surface area (Å²) in [5, 5.41) is 16.1. The van der Waals surface area contributed by atoms with Crippen LogP contribution in [-0.4, -0.2) is 32.5 Å². The van der Waals surface area contributed by atoms with Gasteiger partial charge in [0.1, 0.15) is 17.3 Å². The van der Waals surface area contributed by atoms with Crippen molar-refractivity contribution < 1.29 is 36.6 Å². The van der Waals surface area contributed by atoms with Crippen molar-refractivity contribution in [2.24, 2.45) is 0 Å². The summed E-state index contributed by atoms with van der Waals surface area (Å²) in [6, 6.07) is 5.73. The van der Waals surface area contributed by atoms with Gasteiger partial charge in [-0.2, -0.15) is 22.8 Å². The number of nitriles is 1. The van der Waals surface area contributed by atoms with Crippen LogP contribution < -0.4 is 4.74 Å². The van der Waals surface area contributed by atoms with Crippen molar-refractivity contribution in [3.8, 4) is 17.6 Å². The van der Waals surface area contributed by atoms with Gasteiger partial charge in [0.25, 0.3) is 0 Å². The molecule has 4 radical (unpaired) electrons. The van der Waals surface area contributed by atoms with Gasteiger partial charge in [0.05, 0.1) is 32.9 Å². The van der Waals surface area contributed by atoms with Crippen molar-refractivity contribution in [2.75, 3.05) is 0 Å². The molecule has 1 atom stereocenters. The maximum Gasteiger partial charge on any atom is 0.346 e. The summed E-state index contributed by atoms with van der Waals surface area (Å²) in [4.78, 5) is 12.6. The maximum atomic E-state index is 14.5. The highest BCUT2D eigenvalue weighted by atomic mass is 19.3. The van der Waals surface area contributed by atoms with Crippen LogP contribution in [0.15, 0.2) is 30.3 Å². The fourth-order valence-electron chi connectivity index (χ4n) is 3.74. The minimum Gasteiger partial charge on any atom is -0.456 e.